The summed E-state index contributed by atoms with van der Waals surface area (Å²) in [6.45, 7) is 0.783. The lowest BCUT2D eigenvalue weighted by Crippen LogP contribution is -2.41. The molecule has 0 aromatic rings. The van der Waals surface area contributed by atoms with Crippen molar-refractivity contribution in [2.24, 2.45) is 0 Å². The molecule has 3 rings (SSSR count). The molecule has 0 N–H and O–H groups in total. The van der Waals surface area contributed by atoms with Gasteiger partial charge in [0.1, 0.15) is 6.10 Å². The Kier molecular flexibility index (Phi) is 4.57. The fourth-order valence-electron chi connectivity index (χ4n) is 3.47. The highest BCUT2D eigenvalue weighted by atomic mass is 17.2. The van der Waals surface area contributed by atoms with Gasteiger partial charge in [-0.3, -0.25) is 0 Å². The molecule has 19 heavy (non-hydrogen) atoms. The van der Waals surface area contributed by atoms with Crippen molar-refractivity contribution in [3.05, 3.63) is 11.6 Å². The molecule has 1 atom stereocenters. The van der Waals surface area contributed by atoms with Gasteiger partial charge in [0.25, 0.3) is 0 Å². The first-order valence-corrected chi connectivity index (χ1v) is 8.05. The summed E-state index contributed by atoms with van der Waals surface area (Å²) in [5.74, 6) is -0.438. The third kappa shape index (κ3) is 3.39. The molecule has 0 amide bonds. The van der Waals surface area contributed by atoms with Crippen molar-refractivity contribution in [1.29, 1.82) is 0 Å². The van der Waals surface area contributed by atoms with E-state index in [4.69, 9.17) is 14.5 Å². The van der Waals surface area contributed by atoms with Crippen LogP contribution in [0.5, 0.6) is 0 Å². The van der Waals surface area contributed by atoms with Crippen LogP contribution in [0.1, 0.15) is 70.6 Å². The largest absolute Gasteiger partial charge is 0.347 e. The Morgan fingerprint density at radius 3 is 2.74 bits per heavy atom. The first-order chi connectivity index (χ1) is 9.38. The van der Waals surface area contributed by atoms with Crippen LogP contribution in [0.25, 0.3) is 0 Å². The number of hydrogen-bond donors (Lipinski definition) is 0. The van der Waals surface area contributed by atoms with E-state index in [2.05, 4.69) is 6.08 Å². The Morgan fingerprint density at radius 1 is 1.00 bits per heavy atom. The van der Waals surface area contributed by atoms with Crippen LogP contribution in [0.2, 0.25) is 0 Å². The minimum absolute atomic E-state index is 0.169. The van der Waals surface area contributed by atoms with E-state index in [9.17, 15) is 0 Å². The predicted molar refractivity (Wildman–Crippen MR) is 73.5 cm³/mol. The molecule has 0 bridgehead atoms. The fourth-order valence-corrected chi connectivity index (χ4v) is 3.47. The van der Waals surface area contributed by atoms with Crippen LogP contribution in [0, 0.1) is 0 Å². The van der Waals surface area contributed by atoms with Gasteiger partial charge in [0.05, 0.1) is 6.61 Å². The Balaban J connectivity index is 1.68. The Hall–Kier alpha value is -0.380. The van der Waals surface area contributed by atoms with Crippen molar-refractivity contribution in [1.82, 2.24) is 0 Å². The fraction of sp³-hybridized carbons (Fsp3) is 0.875. The molecule has 108 valence electrons. The molecule has 1 spiro atoms. The first kappa shape index (κ1) is 13.6. The molecule has 3 nitrogen and oxygen atoms in total. The zero-order chi connectivity index (χ0) is 13.0. The number of rotatable bonds is 0. The molecule has 0 aromatic heterocycles. The summed E-state index contributed by atoms with van der Waals surface area (Å²) in [7, 11) is 0. The molecule has 2 aliphatic carbocycles. The van der Waals surface area contributed by atoms with E-state index < -0.39 is 5.79 Å². The monoisotopic (exact) mass is 266 g/mol. The van der Waals surface area contributed by atoms with Crippen LogP contribution < -0.4 is 0 Å². The lowest BCUT2D eigenvalue weighted by Gasteiger charge is -2.39. The SMILES string of the molecule is C1=C2/CCOC3(CCCCC3)OOC2CCCCC/1. The quantitative estimate of drug-likeness (QED) is 0.484. The smallest absolute Gasteiger partial charge is 0.201 e. The van der Waals surface area contributed by atoms with Crippen molar-refractivity contribution in [2.45, 2.75) is 82.5 Å². The maximum Gasteiger partial charge on any atom is 0.201 e. The molecule has 3 heteroatoms. The summed E-state index contributed by atoms with van der Waals surface area (Å²) >= 11 is 0. The van der Waals surface area contributed by atoms with E-state index in [1.165, 1.54) is 50.5 Å². The van der Waals surface area contributed by atoms with Crippen molar-refractivity contribution in [2.75, 3.05) is 6.61 Å². The second-order valence-electron chi connectivity index (χ2n) is 6.16. The molecule has 0 radical (unpaired) electrons. The van der Waals surface area contributed by atoms with Gasteiger partial charge in [-0.05, 0) is 44.1 Å². The zero-order valence-corrected chi connectivity index (χ0v) is 11.9. The minimum Gasteiger partial charge on any atom is -0.347 e. The van der Waals surface area contributed by atoms with Crippen molar-refractivity contribution in [3.8, 4) is 0 Å². The van der Waals surface area contributed by atoms with Crippen LogP contribution in [0.15, 0.2) is 11.6 Å². The molecular formula is C16H26O3. The average molecular weight is 266 g/mol. The second kappa shape index (κ2) is 6.38. The predicted octanol–water partition coefficient (Wildman–Crippen LogP) is 4.27. The Bertz CT molecular complexity index is 318. The highest BCUT2D eigenvalue weighted by molar-refractivity contribution is 5.09. The standard InChI is InChI=1S/C16H26O3/c1-2-5-9-15-14(8-4-1)10-13-17-16(19-18-15)11-6-3-7-12-16/h8,15H,1-7,9-13H2/b14-8-. The molecule has 1 heterocycles. The van der Waals surface area contributed by atoms with Crippen LogP contribution in [-0.4, -0.2) is 18.5 Å². The maximum absolute atomic E-state index is 6.04. The first-order valence-electron chi connectivity index (χ1n) is 8.05. The van der Waals surface area contributed by atoms with Crippen molar-refractivity contribution < 1.29 is 14.5 Å². The molecular weight excluding hydrogens is 240 g/mol. The van der Waals surface area contributed by atoms with E-state index in [1.807, 2.05) is 0 Å². The van der Waals surface area contributed by atoms with Gasteiger partial charge in [-0.2, -0.15) is 0 Å². The Morgan fingerprint density at radius 2 is 1.84 bits per heavy atom. The molecule has 3 aliphatic rings. The number of allylic oxidation sites excluding steroid dienone is 1. The van der Waals surface area contributed by atoms with Crippen LogP contribution in [-0.2, 0) is 14.5 Å². The summed E-state index contributed by atoms with van der Waals surface area (Å²) in [5.41, 5.74) is 1.39. The summed E-state index contributed by atoms with van der Waals surface area (Å²) in [6, 6.07) is 0. The number of hydrogen-bond acceptors (Lipinski definition) is 3. The highest BCUT2D eigenvalue weighted by Crippen LogP contribution is 2.36. The van der Waals surface area contributed by atoms with Crippen LogP contribution in [0.3, 0.4) is 0 Å². The number of ether oxygens (including phenoxy) is 1. The highest BCUT2D eigenvalue weighted by Gasteiger charge is 2.38. The molecule has 0 aromatic carbocycles. The van der Waals surface area contributed by atoms with Gasteiger partial charge in [0.2, 0.25) is 5.79 Å². The Labute approximate surface area is 116 Å². The van der Waals surface area contributed by atoms with Crippen molar-refractivity contribution >= 4 is 0 Å². The lowest BCUT2D eigenvalue weighted by molar-refractivity contribution is -0.452. The lowest BCUT2D eigenvalue weighted by atomic mass is 9.93. The summed E-state index contributed by atoms with van der Waals surface area (Å²) in [4.78, 5) is 11.6. The van der Waals surface area contributed by atoms with Crippen LogP contribution in [0.4, 0.5) is 0 Å². The van der Waals surface area contributed by atoms with Gasteiger partial charge in [0.15, 0.2) is 0 Å². The van der Waals surface area contributed by atoms with E-state index >= 15 is 0 Å². The van der Waals surface area contributed by atoms with E-state index in [0.29, 0.717) is 0 Å². The van der Waals surface area contributed by atoms with Gasteiger partial charge in [-0.25, -0.2) is 9.78 Å². The normalized spacial score (nSPS) is 35.2. The molecule has 1 aliphatic heterocycles. The van der Waals surface area contributed by atoms with Crippen LogP contribution >= 0.6 is 0 Å². The van der Waals surface area contributed by atoms with Gasteiger partial charge >= 0.3 is 0 Å². The third-order valence-corrected chi connectivity index (χ3v) is 4.68. The van der Waals surface area contributed by atoms with Gasteiger partial charge in [-0.1, -0.05) is 25.3 Å². The third-order valence-electron chi connectivity index (χ3n) is 4.68. The van der Waals surface area contributed by atoms with E-state index in [1.54, 1.807) is 0 Å². The van der Waals surface area contributed by atoms with Gasteiger partial charge in [0, 0.05) is 12.8 Å². The van der Waals surface area contributed by atoms with E-state index in [-0.39, 0.29) is 6.10 Å². The molecule has 1 saturated carbocycles. The summed E-state index contributed by atoms with van der Waals surface area (Å²) in [6.07, 6.45) is 15.3. The number of fused-ring (bicyclic) bond motifs is 1. The summed E-state index contributed by atoms with van der Waals surface area (Å²) in [5, 5.41) is 0. The van der Waals surface area contributed by atoms with E-state index in [0.717, 1.165) is 32.3 Å². The van der Waals surface area contributed by atoms with Crippen molar-refractivity contribution in [3.63, 3.8) is 0 Å². The topological polar surface area (TPSA) is 27.7 Å². The van der Waals surface area contributed by atoms with Gasteiger partial charge in [-0.15, -0.1) is 0 Å². The second-order valence-corrected chi connectivity index (χ2v) is 6.16. The molecule has 2 fully saturated rings. The summed E-state index contributed by atoms with van der Waals surface area (Å²) < 4.78 is 6.04. The maximum atomic E-state index is 6.04. The van der Waals surface area contributed by atoms with Gasteiger partial charge < -0.3 is 4.74 Å². The zero-order valence-electron chi connectivity index (χ0n) is 11.9. The average Bonchev–Trinajstić information content (AvgIpc) is 2.40. The molecule has 1 unspecified atom stereocenters. The molecule has 1 saturated heterocycles. The minimum atomic E-state index is -0.438.